The zero-order valence-corrected chi connectivity index (χ0v) is 10.1. The van der Waals surface area contributed by atoms with Gasteiger partial charge in [0.05, 0.1) is 0 Å². The third kappa shape index (κ3) is 2.40. The third-order valence-corrected chi connectivity index (χ3v) is 4.52. The fraction of sp³-hybridized carbons (Fsp3) is 0.917. The van der Waals surface area contributed by atoms with E-state index in [4.69, 9.17) is 9.94 Å². The van der Waals surface area contributed by atoms with Crippen LogP contribution in [0, 0.1) is 5.41 Å². The molecule has 1 N–H and O–H groups in total. The second kappa shape index (κ2) is 4.14. The SMILES string of the molecule is O=C(O)ON1CCC2(CC1)CCN(C1CC1)C2. The van der Waals surface area contributed by atoms with Gasteiger partial charge in [0.25, 0.3) is 0 Å². The third-order valence-electron chi connectivity index (χ3n) is 4.52. The summed E-state index contributed by atoms with van der Waals surface area (Å²) < 4.78 is 0. The lowest BCUT2D eigenvalue weighted by atomic mass is 9.78. The van der Waals surface area contributed by atoms with E-state index in [2.05, 4.69) is 4.90 Å². The normalized spacial score (nSPS) is 29.6. The molecular formula is C12H20N2O3. The van der Waals surface area contributed by atoms with Crippen molar-refractivity contribution >= 4 is 6.16 Å². The molecule has 5 heteroatoms. The van der Waals surface area contributed by atoms with Crippen LogP contribution in [0.15, 0.2) is 0 Å². The van der Waals surface area contributed by atoms with Crippen molar-refractivity contribution in [3.05, 3.63) is 0 Å². The van der Waals surface area contributed by atoms with Crippen LogP contribution in [0.1, 0.15) is 32.1 Å². The van der Waals surface area contributed by atoms with Crippen LogP contribution in [0.4, 0.5) is 4.79 Å². The molecule has 0 amide bonds. The van der Waals surface area contributed by atoms with Gasteiger partial charge in [0.2, 0.25) is 0 Å². The topological polar surface area (TPSA) is 53.0 Å². The molecule has 0 bridgehead atoms. The number of carbonyl (C=O) groups is 1. The molecule has 96 valence electrons. The summed E-state index contributed by atoms with van der Waals surface area (Å²) in [7, 11) is 0. The summed E-state index contributed by atoms with van der Waals surface area (Å²) in [6.45, 7) is 3.97. The number of hydroxylamine groups is 2. The number of piperidine rings is 1. The van der Waals surface area contributed by atoms with Crippen molar-refractivity contribution in [2.45, 2.75) is 38.1 Å². The lowest BCUT2D eigenvalue weighted by Crippen LogP contribution is -2.42. The molecule has 0 aromatic heterocycles. The highest BCUT2D eigenvalue weighted by atomic mass is 16.8. The second-order valence-corrected chi connectivity index (χ2v) is 5.74. The average molecular weight is 240 g/mol. The van der Waals surface area contributed by atoms with Crippen molar-refractivity contribution in [1.29, 1.82) is 0 Å². The van der Waals surface area contributed by atoms with Crippen molar-refractivity contribution < 1.29 is 14.7 Å². The molecule has 3 fully saturated rings. The minimum Gasteiger partial charge on any atom is -0.448 e. The van der Waals surface area contributed by atoms with Crippen molar-refractivity contribution in [3.63, 3.8) is 0 Å². The maximum absolute atomic E-state index is 10.5. The first-order valence-corrected chi connectivity index (χ1v) is 6.57. The Labute approximate surface area is 101 Å². The fourth-order valence-corrected chi connectivity index (χ4v) is 3.29. The summed E-state index contributed by atoms with van der Waals surface area (Å²) in [5.41, 5.74) is 0.445. The number of hydrogen-bond donors (Lipinski definition) is 1. The highest BCUT2D eigenvalue weighted by Gasteiger charge is 2.44. The van der Waals surface area contributed by atoms with E-state index in [9.17, 15) is 4.79 Å². The number of carboxylic acid groups (broad SMARTS) is 1. The summed E-state index contributed by atoms with van der Waals surface area (Å²) in [6.07, 6.45) is 5.00. The molecule has 0 aromatic carbocycles. The average Bonchev–Trinajstić information content (AvgIpc) is 3.06. The standard InChI is InChI=1S/C12H20N2O3/c15-11(16)17-14-7-4-12(5-8-14)3-6-13(9-12)10-1-2-10/h10H,1-9H2,(H,15,16). The minimum absolute atomic E-state index is 0.445. The quantitative estimate of drug-likeness (QED) is 0.793. The van der Waals surface area contributed by atoms with Gasteiger partial charge in [-0.05, 0) is 44.1 Å². The maximum Gasteiger partial charge on any atom is 0.525 e. The Bertz CT molecular complexity index is 309. The van der Waals surface area contributed by atoms with Crippen LogP contribution in [0.25, 0.3) is 0 Å². The molecule has 1 saturated carbocycles. The Morgan fingerprint density at radius 2 is 1.82 bits per heavy atom. The first kappa shape index (κ1) is 11.3. The molecule has 1 spiro atoms. The molecule has 3 aliphatic rings. The van der Waals surface area contributed by atoms with Gasteiger partial charge in [-0.15, -0.1) is 5.06 Å². The van der Waals surface area contributed by atoms with E-state index in [0.717, 1.165) is 32.0 Å². The second-order valence-electron chi connectivity index (χ2n) is 5.74. The molecule has 2 heterocycles. The maximum atomic E-state index is 10.5. The monoisotopic (exact) mass is 240 g/mol. The number of hydrogen-bond acceptors (Lipinski definition) is 4. The van der Waals surface area contributed by atoms with Crippen LogP contribution < -0.4 is 0 Å². The lowest BCUT2D eigenvalue weighted by molar-refractivity contribution is -0.145. The zero-order chi connectivity index (χ0) is 11.9. The molecule has 0 unspecified atom stereocenters. The Kier molecular flexibility index (Phi) is 2.75. The molecule has 2 aliphatic heterocycles. The van der Waals surface area contributed by atoms with Crippen LogP contribution in [0.5, 0.6) is 0 Å². The van der Waals surface area contributed by atoms with E-state index in [-0.39, 0.29) is 0 Å². The van der Waals surface area contributed by atoms with Gasteiger partial charge in [0, 0.05) is 25.7 Å². The van der Waals surface area contributed by atoms with Crippen LogP contribution >= 0.6 is 0 Å². The van der Waals surface area contributed by atoms with Gasteiger partial charge in [-0.3, -0.25) is 4.90 Å². The summed E-state index contributed by atoms with van der Waals surface area (Å²) in [4.78, 5) is 17.8. The van der Waals surface area contributed by atoms with Gasteiger partial charge in [0.15, 0.2) is 0 Å². The van der Waals surface area contributed by atoms with Crippen LogP contribution in [0.3, 0.4) is 0 Å². The molecule has 3 rings (SSSR count). The summed E-state index contributed by atoms with van der Waals surface area (Å²) in [5.74, 6) is 0. The number of nitrogens with zero attached hydrogens (tertiary/aromatic N) is 2. The summed E-state index contributed by atoms with van der Waals surface area (Å²) >= 11 is 0. The molecule has 0 aromatic rings. The van der Waals surface area contributed by atoms with E-state index in [1.807, 2.05) is 0 Å². The number of likely N-dealkylation sites (tertiary alicyclic amines) is 1. The lowest BCUT2D eigenvalue weighted by Gasteiger charge is -2.37. The Hall–Kier alpha value is -0.810. The van der Waals surface area contributed by atoms with E-state index in [1.165, 1.54) is 32.4 Å². The highest BCUT2D eigenvalue weighted by Crippen LogP contribution is 2.43. The first-order valence-electron chi connectivity index (χ1n) is 6.57. The van der Waals surface area contributed by atoms with Gasteiger partial charge in [-0.1, -0.05) is 0 Å². The Balaban J connectivity index is 1.52. The molecule has 2 saturated heterocycles. The first-order chi connectivity index (χ1) is 8.17. The van der Waals surface area contributed by atoms with E-state index >= 15 is 0 Å². The summed E-state index contributed by atoms with van der Waals surface area (Å²) in [5, 5.41) is 10.2. The zero-order valence-electron chi connectivity index (χ0n) is 10.1. The van der Waals surface area contributed by atoms with E-state index < -0.39 is 6.16 Å². The predicted octanol–water partition coefficient (Wildman–Crippen LogP) is 1.55. The highest BCUT2D eigenvalue weighted by molar-refractivity contribution is 5.56. The van der Waals surface area contributed by atoms with Crippen LogP contribution in [-0.4, -0.2) is 53.4 Å². The van der Waals surface area contributed by atoms with Gasteiger partial charge in [-0.2, -0.15) is 0 Å². The smallest absolute Gasteiger partial charge is 0.448 e. The van der Waals surface area contributed by atoms with Crippen molar-refractivity contribution in [1.82, 2.24) is 9.96 Å². The number of rotatable bonds is 2. The molecule has 0 radical (unpaired) electrons. The van der Waals surface area contributed by atoms with Crippen LogP contribution in [-0.2, 0) is 4.84 Å². The van der Waals surface area contributed by atoms with Crippen molar-refractivity contribution in [2.24, 2.45) is 5.41 Å². The molecule has 17 heavy (non-hydrogen) atoms. The van der Waals surface area contributed by atoms with Crippen molar-refractivity contribution in [2.75, 3.05) is 26.2 Å². The van der Waals surface area contributed by atoms with Gasteiger partial charge < -0.3 is 9.94 Å². The van der Waals surface area contributed by atoms with Crippen LogP contribution in [0.2, 0.25) is 0 Å². The molecule has 0 atom stereocenters. The van der Waals surface area contributed by atoms with E-state index in [0.29, 0.717) is 5.41 Å². The van der Waals surface area contributed by atoms with Crippen molar-refractivity contribution in [3.8, 4) is 0 Å². The predicted molar refractivity (Wildman–Crippen MR) is 61.6 cm³/mol. The Morgan fingerprint density at radius 3 is 2.41 bits per heavy atom. The molecule has 5 nitrogen and oxygen atoms in total. The van der Waals surface area contributed by atoms with Gasteiger partial charge in [0.1, 0.15) is 0 Å². The van der Waals surface area contributed by atoms with E-state index in [1.54, 1.807) is 5.06 Å². The molecule has 1 aliphatic carbocycles. The van der Waals surface area contributed by atoms with Gasteiger partial charge in [-0.25, -0.2) is 4.79 Å². The summed E-state index contributed by atoms with van der Waals surface area (Å²) in [6, 6.07) is 0.864. The largest absolute Gasteiger partial charge is 0.525 e. The molecular weight excluding hydrogens is 220 g/mol. The Morgan fingerprint density at radius 1 is 1.18 bits per heavy atom. The van der Waals surface area contributed by atoms with Gasteiger partial charge >= 0.3 is 6.16 Å². The minimum atomic E-state index is -1.19. The fourth-order valence-electron chi connectivity index (χ4n) is 3.29.